The summed E-state index contributed by atoms with van der Waals surface area (Å²) >= 11 is 0. The lowest BCUT2D eigenvalue weighted by Gasteiger charge is -1.92. The Balaban J connectivity index is 0.000001000. The van der Waals surface area contributed by atoms with E-state index < -0.39 is 0 Å². The maximum atomic E-state index is 5.50. The van der Waals surface area contributed by atoms with Crippen molar-refractivity contribution in [3.8, 4) is 0 Å². The van der Waals surface area contributed by atoms with Crippen LogP contribution < -0.4 is 5.73 Å². The number of hydrogen-bond donors (Lipinski definition) is 1. The molecule has 0 saturated carbocycles. The molecule has 0 spiro atoms. The normalized spacial score (nSPS) is 12.3. The van der Waals surface area contributed by atoms with Crippen LogP contribution in [0.25, 0.3) is 0 Å². The van der Waals surface area contributed by atoms with Gasteiger partial charge in [0.1, 0.15) is 0 Å². The summed E-state index contributed by atoms with van der Waals surface area (Å²) in [5.74, 6) is 1.23. The first-order valence-electron chi connectivity index (χ1n) is 3.32. The summed E-state index contributed by atoms with van der Waals surface area (Å²) < 4.78 is 4.83. The molecule has 1 aromatic heterocycles. The van der Waals surface area contributed by atoms with E-state index in [-0.39, 0.29) is 18.4 Å². The molecule has 0 bridgehead atoms. The van der Waals surface area contributed by atoms with Gasteiger partial charge in [-0.1, -0.05) is 12.1 Å². The van der Waals surface area contributed by atoms with Gasteiger partial charge in [0.15, 0.2) is 5.82 Å². The highest BCUT2D eigenvalue weighted by Gasteiger charge is 2.06. The lowest BCUT2D eigenvalue weighted by atomic mass is 10.3. The summed E-state index contributed by atoms with van der Waals surface area (Å²) in [5, 5.41) is 3.68. The van der Waals surface area contributed by atoms with Gasteiger partial charge in [0.05, 0.1) is 6.04 Å². The number of aromatic nitrogens is 2. The van der Waals surface area contributed by atoms with Gasteiger partial charge >= 0.3 is 0 Å². The summed E-state index contributed by atoms with van der Waals surface area (Å²) in [6.45, 7) is 3.78. The summed E-state index contributed by atoms with van der Waals surface area (Å²) in [4.78, 5) is 4.03. The van der Waals surface area contributed by atoms with Crippen molar-refractivity contribution in [2.45, 2.75) is 26.3 Å². The zero-order valence-corrected chi connectivity index (χ0v) is 7.39. The first-order chi connectivity index (χ1) is 4.74. The Kier molecular flexibility index (Phi) is 4.07. The lowest BCUT2D eigenvalue weighted by molar-refractivity contribution is 0.374. The number of aryl methyl sites for hydroxylation is 1. The molecule has 2 N–H and O–H groups in total. The Morgan fingerprint density at radius 3 is 2.55 bits per heavy atom. The van der Waals surface area contributed by atoms with Gasteiger partial charge in [0.25, 0.3) is 0 Å². The fraction of sp³-hybridized carbons (Fsp3) is 0.667. The molecular formula is C6H12ClN3O. The van der Waals surface area contributed by atoms with Crippen LogP contribution in [0, 0.1) is 0 Å². The van der Waals surface area contributed by atoms with Gasteiger partial charge in [-0.25, -0.2) is 0 Å². The second-order valence-corrected chi connectivity index (χ2v) is 2.19. The minimum atomic E-state index is -0.135. The van der Waals surface area contributed by atoms with E-state index in [1.807, 2.05) is 13.8 Å². The highest BCUT2D eigenvalue weighted by atomic mass is 35.5. The van der Waals surface area contributed by atoms with Crippen molar-refractivity contribution < 1.29 is 4.52 Å². The molecule has 1 unspecified atom stereocenters. The van der Waals surface area contributed by atoms with Crippen LogP contribution in [0.15, 0.2) is 4.52 Å². The standard InChI is InChI=1S/C6H11N3O.ClH/c1-3-5-8-6(4(2)7)9-10-5;/h4H,3,7H2,1-2H3;1H. The fourth-order valence-corrected chi connectivity index (χ4v) is 0.597. The Hall–Kier alpha value is -0.610. The Labute approximate surface area is 71.6 Å². The van der Waals surface area contributed by atoms with E-state index in [4.69, 9.17) is 10.3 Å². The van der Waals surface area contributed by atoms with Crippen molar-refractivity contribution in [3.05, 3.63) is 11.7 Å². The van der Waals surface area contributed by atoms with Crippen LogP contribution in [0.3, 0.4) is 0 Å². The first kappa shape index (κ1) is 10.4. The number of nitrogens with zero attached hydrogens (tertiary/aromatic N) is 2. The maximum absolute atomic E-state index is 5.50. The smallest absolute Gasteiger partial charge is 0.226 e. The van der Waals surface area contributed by atoms with Gasteiger partial charge in [0, 0.05) is 6.42 Å². The Morgan fingerprint density at radius 2 is 2.27 bits per heavy atom. The molecule has 0 aliphatic rings. The molecule has 64 valence electrons. The van der Waals surface area contributed by atoms with E-state index in [0.29, 0.717) is 11.7 Å². The topological polar surface area (TPSA) is 64.9 Å². The molecule has 0 aliphatic carbocycles. The monoisotopic (exact) mass is 177 g/mol. The SMILES string of the molecule is CCc1nc(C(C)N)no1.Cl. The van der Waals surface area contributed by atoms with Gasteiger partial charge in [0.2, 0.25) is 5.89 Å². The van der Waals surface area contributed by atoms with Crippen LogP contribution >= 0.6 is 12.4 Å². The third-order valence-corrected chi connectivity index (χ3v) is 1.19. The molecule has 1 aromatic rings. The van der Waals surface area contributed by atoms with Gasteiger partial charge in [-0.05, 0) is 6.92 Å². The highest BCUT2D eigenvalue weighted by molar-refractivity contribution is 5.85. The van der Waals surface area contributed by atoms with Gasteiger partial charge in [-0.15, -0.1) is 12.4 Å². The third-order valence-electron chi connectivity index (χ3n) is 1.19. The molecule has 0 amide bonds. The van der Waals surface area contributed by atoms with Gasteiger partial charge in [-0.2, -0.15) is 4.98 Å². The molecule has 0 radical (unpaired) electrons. The van der Waals surface area contributed by atoms with Crippen molar-refractivity contribution >= 4 is 12.4 Å². The molecule has 4 nitrogen and oxygen atoms in total. The third kappa shape index (κ3) is 2.48. The number of halogens is 1. The number of nitrogens with two attached hydrogens (primary N) is 1. The Morgan fingerprint density at radius 1 is 1.64 bits per heavy atom. The molecule has 11 heavy (non-hydrogen) atoms. The zero-order chi connectivity index (χ0) is 7.56. The second kappa shape index (κ2) is 4.31. The molecule has 1 heterocycles. The predicted octanol–water partition coefficient (Wildman–Crippen LogP) is 1.07. The summed E-state index contributed by atoms with van der Waals surface area (Å²) in [6, 6.07) is -0.135. The lowest BCUT2D eigenvalue weighted by Crippen LogP contribution is -2.06. The van der Waals surface area contributed by atoms with Gasteiger partial charge in [-0.3, -0.25) is 0 Å². The Bertz CT molecular complexity index is 211. The van der Waals surface area contributed by atoms with E-state index in [1.54, 1.807) is 0 Å². The number of rotatable bonds is 2. The molecule has 0 aliphatic heterocycles. The fourth-order valence-electron chi connectivity index (χ4n) is 0.597. The summed E-state index contributed by atoms with van der Waals surface area (Å²) in [7, 11) is 0. The van der Waals surface area contributed by atoms with Crippen molar-refractivity contribution in [1.29, 1.82) is 0 Å². The largest absolute Gasteiger partial charge is 0.339 e. The van der Waals surface area contributed by atoms with E-state index in [1.165, 1.54) is 0 Å². The maximum Gasteiger partial charge on any atom is 0.226 e. The molecule has 1 rings (SSSR count). The van der Waals surface area contributed by atoms with E-state index in [9.17, 15) is 0 Å². The molecule has 0 aromatic carbocycles. The molecule has 0 fully saturated rings. The van der Waals surface area contributed by atoms with Crippen molar-refractivity contribution in [1.82, 2.24) is 10.1 Å². The van der Waals surface area contributed by atoms with E-state index in [2.05, 4.69) is 10.1 Å². The van der Waals surface area contributed by atoms with Gasteiger partial charge < -0.3 is 10.3 Å². The van der Waals surface area contributed by atoms with Crippen LogP contribution in [0.1, 0.15) is 31.6 Å². The zero-order valence-electron chi connectivity index (χ0n) is 6.57. The minimum Gasteiger partial charge on any atom is -0.339 e. The minimum absolute atomic E-state index is 0. The van der Waals surface area contributed by atoms with Crippen LogP contribution in [0.2, 0.25) is 0 Å². The van der Waals surface area contributed by atoms with Crippen LogP contribution in [-0.2, 0) is 6.42 Å². The molecule has 1 atom stereocenters. The first-order valence-corrected chi connectivity index (χ1v) is 3.32. The highest BCUT2D eigenvalue weighted by Crippen LogP contribution is 2.04. The average molecular weight is 178 g/mol. The van der Waals surface area contributed by atoms with Crippen LogP contribution in [0.4, 0.5) is 0 Å². The van der Waals surface area contributed by atoms with Crippen LogP contribution in [0.5, 0.6) is 0 Å². The molecule has 5 heteroatoms. The van der Waals surface area contributed by atoms with Crippen molar-refractivity contribution in [3.63, 3.8) is 0 Å². The van der Waals surface area contributed by atoms with Crippen molar-refractivity contribution in [2.24, 2.45) is 5.73 Å². The van der Waals surface area contributed by atoms with E-state index >= 15 is 0 Å². The van der Waals surface area contributed by atoms with Crippen LogP contribution in [-0.4, -0.2) is 10.1 Å². The van der Waals surface area contributed by atoms with Crippen molar-refractivity contribution in [2.75, 3.05) is 0 Å². The average Bonchev–Trinajstić information content (AvgIpc) is 2.34. The quantitative estimate of drug-likeness (QED) is 0.734. The second-order valence-electron chi connectivity index (χ2n) is 2.19. The summed E-state index contributed by atoms with van der Waals surface area (Å²) in [5.41, 5.74) is 5.50. The van der Waals surface area contributed by atoms with E-state index in [0.717, 1.165) is 6.42 Å². The number of hydrogen-bond acceptors (Lipinski definition) is 4. The summed E-state index contributed by atoms with van der Waals surface area (Å²) in [6.07, 6.45) is 0.764. The molecular weight excluding hydrogens is 166 g/mol. The predicted molar refractivity (Wildman–Crippen MR) is 43.5 cm³/mol. The molecule has 0 saturated heterocycles.